The molecule has 2 aliphatic rings. The van der Waals surface area contributed by atoms with Gasteiger partial charge < -0.3 is 14.7 Å². The Morgan fingerprint density at radius 3 is 2.75 bits per heavy atom. The summed E-state index contributed by atoms with van der Waals surface area (Å²) in [7, 11) is 4.08. The van der Waals surface area contributed by atoms with Crippen molar-refractivity contribution in [1.82, 2.24) is 4.90 Å². The number of carboxylic acids is 1. The van der Waals surface area contributed by atoms with Gasteiger partial charge in [-0.3, -0.25) is 0 Å². The molecule has 1 aromatic rings. The number of aromatic carboxylic acids is 1. The number of rotatable bonds is 4. The Bertz CT molecular complexity index is 685. The van der Waals surface area contributed by atoms with E-state index in [0.29, 0.717) is 18.8 Å². The van der Waals surface area contributed by atoms with Gasteiger partial charge in [-0.2, -0.15) is 0 Å². The van der Waals surface area contributed by atoms with Gasteiger partial charge in [-0.1, -0.05) is 13.8 Å². The first-order valence-electron chi connectivity index (χ1n) is 8.60. The molecule has 5 heteroatoms. The minimum Gasteiger partial charge on any atom is -0.478 e. The fourth-order valence-electron chi connectivity index (χ4n) is 3.79. The van der Waals surface area contributed by atoms with Crippen LogP contribution in [0.1, 0.15) is 52.4 Å². The number of carboxylic acid groups (broad SMARTS) is 1. The zero-order valence-corrected chi connectivity index (χ0v) is 15.9. The fraction of sp³-hybridized carbons (Fsp3) is 0.632. The van der Waals surface area contributed by atoms with Crippen LogP contribution in [0.15, 0.2) is 5.57 Å². The first-order valence-corrected chi connectivity index (χ1v) is 9.42. The monoisotopic (exact) mass is 349 g/mol. The zero-order valence-electron chi connectivity index (χ0n) is 15.1. The van der Waals surface area contributed by atoms with Gasteiger partial charge in [0.05, 0.1) is 18.8 Å². The van der Waals surface area contributed by atoms with Crippen molar-refractivity contribution in [3.05, 3.63) is 26.5 Å². The Morgan fingerprint density at radius 1 is 1.33 bits per heavy atom. The topological polar surface area (TPSA) is 49.8 Å². The number of likely N-dealkylation sites (N-methyl/N-ethyl adjacent to an activating group) is 1. The number of thiophene rings is 1. The van der Waals surface area contributed by atoms with E-state index in [0.717, 1.165) is 42.7 Å². The summed E-state index contributed by atoms with van der Waals surface area (Å²) >= 11 is 1.72. The van der Waals surface area contributed by atoms with E-state index in [9.17, 15) is 9.90 Å². The first-order chi connectivity index (χ1) is 11.3. The Morgan fingerprint density at radius 2 is 2.08 bits per heavy atom. The van der Waals surface area contributed by atoms with Crippen molar-refractivity contribution in [2.24, 2.45) is 5.41 Å². The van der Waals surface area contributed by atoms with E-state index in [4.69, 9.17) is 4.74 Å². The van der Waals surface area contributed by atoms with Crippen molar-refractivity contribution < 1.29 is 14.6 Å². The number of ether oxygens (including phenoxy) is 1. The molecule has 24 heavy (non-hydrogen) atoms. The molecular weight excluding hydrogens is 322 g/mol. The molecule has 1 aliphatic heterocycles. The van der Waals surface area contributed by atoms with E-state index in [-0.39, 0.29) is 5.41 Å². The Hall–Kier alpha value is -1.17. The van der Waals surface area contributed by atoms with Gasteiger partial charge >= 0.3 is 5.97 Å². The molecule has 1 aliphatic carbocycles. The normalized spacial score (nSPS) is 20.4. The third-order valence-corrected chi connectivity index (χ3v) is 6.32. The van der Waals surface area contributed by atoms with Crippen LogP contribution in [0.25, 0.3) is 5.57 Å². The molecule has 2 heterocycles. The highest BCUT2D eigenvalue weighted by molar-refractivity contribution is 7.13. The largest absolute Gasteiger partial charge is 0.478 e. The lowest BCUT2D eigenvalue weighted by Crippen LogP contribution is -2.23. The summed E-state index contributed by atoms with van der Waals surface area (Å²) in [5, 5.41) is 9.92. The van der Waals surface area contributed by atoms with Crippen molar-refractivity contribution in [2.75, 3.05) is 33.9 Å². The molecule has 0 atom stereocenters. The van der Waals surface area contributed by atoms with Crippen LogP contribution in [0, 0.1) is 5.41 Å². The van der Waals surface area contributed by atoms with Gasteiger partial charge in [0, 0.05) is 16.3 Å². The Balaban J connectivity index is 2.12. The predicted octanol–water partition coefficient (Wildman–Crippen LogP) is 3.70. The van der Waals surface area contributed by atoms with Gasteiger partial charge in [-0.25, -0.2) is 4.79 Å². The molecule has 0 aromatic carbocycles. The lowest BCUT2D eigenvalue weighted by atomic mass is 9.75. The number of fused-ring (bicyclic) bond motifs is 1. The number of carbonyl (C=O) groups is 1. The summed E-state index contributed by atoms with van der Waals surface area (Å²) in [4.78, 5) is 16.5. The van der Waals surface area contributed by atoms with E-state index < -0.39 is 5.97 Å². The molecule has 4 nitrogen and oxygen atoms in total. The Kier molecular flexibility index (Phi) is 4.87. The van der Waals surface area contributed by atoms with Crippen molar-refractivity contribution in [3.63, 3.8) is 0 Å². The molecule has 0 spiro atoms. The summed E-state index contributed by atoms with van der Waals surface area (Å²) in [5.41, 5.74) is 4.28. The maximum Gasteiger partial charge on any atom is 0.337 e. The van der Waals surface area contributed by atoms with E-state index in [1.165, 1.54) is 16.0 Å². The van der Waals surface area contributed by atoms with Crippen LogP contribution in [0.3, 0.4) is 0 Å². The van der Waals surface area contributed by atoms with Crippen molar-refractivity contribution in [2.45, 2.75) is 39.5 Å². The van der Waals surface area contributed by atoms with Crippen LogP contribution in [-0.4, -0.2) is 49.8 Å². The minimum absolute atomic E-state index is 0.187. The van der Waals surface area contributed by atoms with Crippen molar-refractivity contribution >= 4 is 22.9 Å². The number of hydrogen-bond donors (Lipinski definition) is 1. The van der Waals surface area contributed by atoms with Crippen molar-refractivity contribution in [3.8, 4) is 0 Å². The quantitative estimate of drug-likeness (QED) is 0.900. The van der Waals surface area contributed by atoms with Gasteiger partial charge in [-0.05, 0) is 61.9 Å². The SMILES string of the molecule is CN(C)CC1=C(c2sc3c(c2C(=O)O)CC(C)(C)CC3)CCOC1. The van der Waals surface area contributed by atoms with Gasteiger partial charge in [0.15, 0.2) is 0 Å². The first kappa shape index (κ1) is 17.6. The zero-order chi connectivity index (χ0) is 17.5. The third kappa shape index (κ3) is 3.44. The van der Waals surface area contributed by atoms with Crippen LogP contribution in [0.2, 0.25) is 0 Å². The summed E-state index contributed by atoms with van der Waals surface area (Å²) in [6.07, 6.45) is 3.81. The lowest BCUT2D eigenvalue weighted by molar-refractivity contribution is 0.0694. The molecule has 0 radical (unpaired) electrons. The fourth-order valence-corrected chi connectivity index (χ4v) is 5.22. The average molecular weight is 349 g/mol. The average Bonchev–Trinajstić information content (AvgIpc) is 2.84. The molecule has 1 N–H and O–H groups in total. The van der Waals surface area contributed by atoms with Gasteiger partial charge in [0.25, 0.3) is 0 Å². The molecule has 1 aromatic heterocycles. The molecule has 132 valence electrons. The highest BCUT2D eigenvalue weighted by Crippen LogP contribution is 2.45. The van der Waals surface area contributed by atoms with E-state index >= 15 is 0 Å². The molecule has 0 unspecified atom stereocenters. The summed E-state index contributed by atoms with van der Waals surface area (Å²) < 4.78 is 5.64. The summed E-state index contributed by atoms with van der Waals surface area (Å²) in [6.45, 7) is 6.59. The van der Waals surface area contributed by atoms with Crippen LogP contribution in [0.5, 0.6) is 0 Å². The van der Waals surface area contributed by atoms with Crippen LogP contribution < -0.4 is 0 Å². The number of nitrogens with zero attached hydrogens (tertiary/aromatic N) is 1. The molecule has 0 saturated carbocycles. The summed E-state index contributed by atoms with van der Waals surface area (Å²) in [6, 6.07) is 0. The van der Waals surface area contributed by atoms with E-state index in [1.54, 1.807) is 11.3 Å². The van der Waals surface area contributed by atoms with Gasteiger partial charge in [0.1, 0.15) is 0 Å². The second-order valence-corrected chi connectivity index (χ2v) is 9.08. The van der Waals surface area contributed by atoms with E-state index in [1.807, 2.05) is 14.1 Å². The number of aryl methyl sites for hydroxylation is 1. The molecule has 0 saturated heterocycles. The maximum absolute atomic E-state index is 12.1. The smallest absolute Gasteiger partial charge is 0.337 e. The maximum atomic E-state index is 12.1. The standard InChI is InChI=1S/C19H27NO3S/c1-19(2)7-5-15-14(9-19)16(18(21)22)17(24-15)13-6-8-23-11-12(13)10-20(3)4/h5-11H2,1-4H3,(H,21,22). The molecule has 0 bridgehead atoms. The number of hydrogen-bond acceptors (Lipinski definition) is 4. The van der Waals surface area contributed by atoms with Crippen molar-refractivity contribution in [1.29, 1.82) is 0 Å². The second-order valence-electron chi connectivity index (χ2n) is 7.98. The van der Waals surface area contributed by atoms with Crippen LogP contribution >= 0.6 is 11.3 Å². The van der Waals surface area contributed by atoms with Crippen LogP contribution in [-0.2, 0) is 17.6 Å². The summed E-state index contributed by atoms with van der Waals surface area (Å²) in [5.74, 6) is -0.775. The highest BCUT2D eigenvalue weighted by Gasteiger charge is 2.34. The highest BCUT2D eigenvalue weighted by atomic mass is 32.1. The second kappa shape index (κ2) is 6.62. The van der Waals surface area contributed by atoms with Crippen LogP contribution in [0.4, 0.5) is 0 Å². The van der Waals surface area contributed by atoms with Gasteiger partial charge in [-0.15, -0.1) is 11.3 Å². The minimum atomic E-state index is -0.775. The molecule has 0 fully saturated rings. The molecular formula is C19H27NO3S. The molecule has 3 rings (SSSR count). The molecule has 0 amide bonds. The Labute approximate surface area is 148 Å². The predicted molar refractivity (Wildman–Crippen MR) is 98.0 cm³/mol. The van der Waals surface area contributed by atoms with Gasteiger partial charge in [0.2, 0.25) is 0 Å². The van der Waals surface area contributed by atoms with E-state index in [2.05, 4.69) is 18.7 Å². The third-order valence-electron chi connectivity index (χ3n) is 4.97. The lowest BCUT2D eigenvalue weighted by Gasteiger charge is -2.29.